The summed E-state index contributed by atoms with van der Waals surface area (Å²) in [6, 6.07) is 57.7. The van der Waals surface area contributed by atoms with E-state index in [9.17, 15) is 0 Å². The van der Waals surface area contributed by atoms with Crippen LogP contribution in [0.2, 0.25) is 0 Å². The molecule has 0 atom stereocenters. The highest BCUT2D eigenvalue weighted by molar-refractivity contribution is 6.09. The maximum Gasteiger partial charge on any atom is -0.0105 e. The molecule has 9 aromatic rings. The third-order valence-corrected chi connectivity index (χ3v) is 9.28. The quantitative estimate of drug-likeness (QED) is 0.110. The highest BCUT2D eigenvalue weighted by atomic mass is 14.1. The standard InChI is InChI=1S/C46H30/c1-3-7-37-29-43-25-31(13-17-39(43)27-35(37)5-1)9-11-33-15-21-45-41(23-33)19-20-42-24-34(16-22-46(42)45)12-10-32-14-18-40-28-36-6-2-4-8-38(36)30-44(40)26-32/h1-30H/b11-9+,12-10+. The van der Waals surface area contributed by atoms with Gasteiger partial charge in [-0.2, -0.15) is 0 Å². The van der Waals surface area contributed by atoms with Crippen molar-refractivity contribution in [3.8, 4) is 0 Å². The molecule has 0 spiro atoms. The van der Waals surface area contributed by atoms with E-state index >= 15 is 0 Å². The predicted molar refractivity (Wildman–Crippen MR) is 202 cm³/mol. The van der Waals surface area contributed by atoms with Crippen LogP contribution in [0.25, 0.3) is 88.9 Å². The summed E-state index contributed by atoms with van der Waals surface area (Å²) in [5, 5.41) is 15.3. The summed E-state index contributed by atoms with van der Waals surface area (Å²) in [7, 11) is 0. The second kappa shape index (κ2) is 10.9. The molecule has 0 saturated heterocycles. The van der Waals surface area contributed by atoms with Crippen molar-refractivity contribution in [1.29, 1.82) is 0 Å². The molecule has 0 radical (unpaired) electrons. The molecule has 9 rings (SSSR count). The van der Waals surface area contributed by atoms with Crippen molar-refractivity contribution < 1.29 is 0 Å². The molecule has 0 aliphatic carbocycles. The fourth-order valence-corrected chi connectivity index (χ4v) is 6.82. The monoisotopic (exact) mass is 582 g/mol. The summed E-state index contributed by atoms with van der Waals surface area (Å²) >= 11 is 0. The van der Waals surface area contributed by atoms with Gasteiger partial charge in [0.1, 0.15) is 0 Å². The Hall–Kier alpha value is -5.98. The molecule has 46 heavy (non-hydrogen) atoms. The van der Waals surface area contributed by atoms with Crippen LogP contribution < -0.4 is 0 Å². The van der Waals surface area contributed by atoms with Gasteiger partial charge in [0, 0.05) is 0 Å². The van der Waals surface area contributed by atoms with Crippen molar-refractivity contribution in [2.45, 2.75) is 0 Å². The van der Waals surface area contributed by atoms with E-state index in [0.29, 0.717) is 0 Å². The van der Waals surface area contributed by atoms with Crippen molar-refractivity contribution in [1.82, 2.24) is 0 Å². The Labute approximate surface area is 268 Å². The Balaban J connectivity index is 0.974. The number of benzene rings is 9. The van der Waals surface area contributed by atoms with Crippen LogP contribution in [-0.4, -0.2) is 0 Å². The molecule has 0 saturated carbocycles. The van der Waals surface area contributed by atoms with Gasteiger partial charge in [-0.1, -0.05) is 133 Å². The third kappa shape index (κ3) is 4.91. The average molecular weight is 583 g/mol. The second-order valence-electron chi connectivity index (χ2n) is 12.3. The summed E-state index contributed by atoms with van der Waals surface area (Å²) in [6.07, 6.45) is 8.87. The Morgan fingerprint density at radius 2 is 0.500 bits per heavy atom. The van der Waals surface area contributed by atoms with E-state index in [0.717, 1.165) is 0 Å². The van der Waals surface area contributed by atoms with Crippen molar-refractivity contribution >= 4 is 88.9 Å². The van der Waals surface area contributed by atoms with E-state index in [-0.39, 0.29) is 0 Å². The Morgan fingerprint density at radius 1 is 0.217 bits per heavy atom. The number of fused-ring (bicyclic) bond motifs is 7. The van der Waals surface area contributed by atoms with Gasteiger partial charge in [0.05, 0.1) is 0 Å². The fourth-order valence-electron chi connectivity index (χ4n) is 6.82. The molecule has 0 aliphatic rings. The lowest BCUT2D eigenvalue weighted by molar-refractivity contribution is 1.69. The van der Waals surface area contributed by atoms with Gasteiger partial charge in [0.15, 0.2) is 0 Å². The number of hydrogen-bond donors (Lipinski definition) is 0. The first-order valence-corrected chi connectivity index (χ1v) is 15.9. The zero-order valence-corrected chi connectivity index (χ0v) is 25.3. The van der Waals surface area contributed by atoms with Gasteiger partial charge in [-0.25, -0.2) is 0 Å². The highest BCUT2D eigenvalue weighted by Crippen LogP contribution is 2.30. The fraction of sp³-hybridized carbons (Fsp3) is 0. The Kier molecular flexibility index (Phi) is 6.25. The minimum atomic E-state index is 1.20. The second-order valence-corrected chi connectivity index (χ2v) is 12.3. The summed E-state index contributed by atoms with van der Waals surface area (Å²) < 4.78 is 0. The van der Waals surface area contributed by atoms with Gasteiger partial charge >= 0.3 is 0 Å². The maximum atomic E-state index is 2.29. The van der Waals surface area contributed by atoms with Crippen LogP contribution in [0.3, 0.4) is 0 Å². The lowest BCUT2D eigenvalue weighted by Gasteiger charge is -2.07. The van der Waals surface area contributed by atoms with Gasteiger partial charge in [0.2, 0.25) is 0 Å². The van der Waals surface area contributed by atoms with Crippen molar-refractivity contribution in [2.24, 2.45) is 0 Å². The van der Waals surface area contributed by atoms with Gasteiger partial charge in [-0.15, -0.1) is 0 Å². The molecule has 9 aromatic carbocycles. The van der Waals surface area contributed by atoms with Crippen LogP contribution in [0.4, 0.5) is 0 Å². The zero-order valence-electron chi connectivity index (χ0n) is 25.3. The lowest BCUT2D eigenvalue weighted by Crippen LogP contribution is -1.82. The molecule has 0 heteroatoms. The van der Waals surface area contributed by atoms with Gasteiger partial charge in [0.25, 0.3) is 0 Å². The Morgan fingerprint density at radius 3 is 0.891 bits per heavy atom. The van der Waals surface area contributed by atoms with E-state index in [1.807, 2.05) is 0 Å². The summed E-state index contributed by atoms with van der Waals surface area (Å²) in [6.45, 7) is 0. The van der Waals surface area contributed by atoms with E-state index < -0.39 is 0 Å². The maximum absolute atomic E-state index is 2.29. The van der Waals surface area contributed by atoms with Gasteiger partial charge in [-0.05, 0) is 135 Å². The van der Waals surface area contributed by atoms with Crippen LogP contribution in [0.5, 0.6) is 0 Å². The van der Waals surface area contributed by atoms with E-state index in [1.54, 1.807) is 0 Å². The molecule has 0 aromatic heterocycles. The highest BCUT2D eigenvalue weighted by Gasteiger charge is 2.04. The zero-order chi connectivity index (χ0) is 30.5. The first kappa shape index (κ1) is 26.4. The van der Waals surface area contributed by atoms with E-state index in [1.165, 1.54) is 86.9 Å². The summed E-state index contributed by atoms with van der Waals surface area (Å²) in [4.78, 5) is 0. The molecule has 0 N–H and O–H groups in total. The third-order valence-electron chi connectivity index (χ3n) is 9.28. The molecule has 0 bridgehead atoms. The van der Waals surface area contributed by atoms with Crippen LogP contribution in [0.15, 0.2) is 158 Å². The Bertz CT molecular complexity index is 2500. The summed E-state index contributed by atoms with van der Waals surface area (Å²) in [5.41, 5.74) is 4.82. The molecular weight excluding hydrogens is 553 g/mol. The smallest absolute Gasteiger partial charge is 0.0105 e. The van der Waals surface area contributed by atoms with Crippen LogP contribution in [0, 0.1) is 0 Å². The SMILES string of the molecule is C(=C\c1ccc2c(ccc3cc(/C=C/c4ccc5cc6ccccc6cc5c4)ccc32)c1)/c1ccc2cc3ccccc3cc2c1. The van der Waals surface area contributed by atoms with Crippen molar-refractivity contribution in [2.75, 3.05) is 0 Å². The number of rotatable bonds is 4. The molecule has 0 fully saturated rings. The first-order chi connectivity index (χ1) is 22.7. The van der Waals surface area contributed by atoms with Crippen molar-refractivity contribution in [3.63, 3.8) is 0 Å². The lowest BCUT2D eigenvalue weighted by atomic mass is 9.97. The van der Waals surface area contributed by atoms with Gasteiger partial charge in [-0.3, -0.25) is 0 Å². The first-order valence-electron chi connectivity index (χ1n) is 15.9. The molecule has 0 amide bonds. The minimum Gasteiger partial charge on any atom is -0.0616 e. The van der Waals surface area contributed by atoms with Gasteiger partial charge < -0.3 is 0 Å². The van der Waals surface area contributed by atoms with Crippen LogP contribution in [0.1, 0.15) is 22.3 Å². The van der Waals surface area contributed by atoms with E-state index in [2.05, 4.69) is 182 Å². The normalized spacial score (nSPS) is 12.2. The topological polar surface area (TPSA) is 0 Å². The van der Waals surface area contributed by atoms with Crippen LogP contribution in [-0.2, 0) is 0 Å². The molecule has 0 nitrogen and oxygen atoms in total. The molecule has 0 heterocycles. The molecule has 0 aliphatic heterocycles. The summed E-state index contributed by atoms with van der Waals surface area (Å²) in [5.74, 6) is 0. The van der Waals surface area contributed by atoms with Crippen LogP contribution >= 0.6 is 0 Å². The molecule has 0 unspecified atom stereocenters. The predicted octanol–water partition coefficient (Wildman–Crippen LogP) is 12.9. The van der Waals surface area contributed by atoms with Crippen molar-refractivity contribution in [3.05, 3.63) is 180 Å². The average Bonchev–Trinajstić information content (AvgIpc) is 3.10. The van der Waals surface area contributed by atoms with E-state index in [4.69, 9.17) is 0 Å². The molecular formula is C46H30. The largest absolute Gasteiger partial charge is 0.0616 e. The molecule has 214 valence electrons. The minimum absolute atomic E-state index is 1.20. The number of hydrogen-bond acceptors (Lipinski definition) is 0.